The Hall–Kier alpha value is -1.99. The summed E-state index contributed by atoms with van der Waals surface area (Å²) in [7, 11) is 1.37. The van der Waals surface area contributed by atoms with Crippen LogP contribution in [-0.4, -0.2) is 48.7 Å². The second kappa shape index (κ2) is 8.75. The van der Waals surface area contributed by atoms with E-state index in [9.17, 15) is 14.9 Å². The van der Waals surface area contributed by atoms with Crippen molar-refractivity contribution < 1.29 is 19.2 Å². The molecule has 1 aliphatic rings. The molecule has 7 nitrogen and oxygen atoms in total. The molecule has 132 valence electrons. The molecule has 0 saturated carbocycles. The first-order valence-corrected chi connectivity index (χ1v) is 8.15. The summed E-state index contributed by atoms with van der Waals surface area (Å²) in [4.78, 5) is 24.3. The Morgan fingerprint density at radius 3 is 2.92 bits per heavy atom. The number of nitro benzene ring substituents is 1. The molecule has 0 radical (unpaired) electrons. The van der Waals surface area contributed by atoms with Gasteiger partial charge in [-0.3, -0.25) is 19.8 Å². The van der Waals surface area contributed by atoms with E-state index in [0.717, 1.165) is 25.0 Å². The number of hydrogen-bond donors (Lipinski definition) is 0. The molecule has 1 atom stereocenters. The fraction of sp³-hybridized carbons (Fsp3) is 0.588. The summed E-state index contributed by atoms with van der Waals surface area (Å²) in [6.07, 6.45) is 2.49. The minimum atomic E-state index is -0.363. The van der Waals surface area contributed by atoms with Crippen molar-refractivity contribution in [3.8, 4) is 0 Å². The molecule has 1 fully saturated rings. The molecular weight excluding hydrogens is 312 g/mol. The molecule has 0 N–H and O–H groups in total. The Labute approximate surface area is 141 Å². The van der Waals surface area contributed by atoms with Gasteiger partial charge in [0.25, 0.3) is 5.69 Å². The molecule has 1 aromatic carbocycles. The smallest absolute Gasteiger partial charge is 0.306 e. The van der Waals surface area contributed by atoms with Crippen LogP contribution in [-0.2, 0) is 20.8 Å². The zero-order valence-electron chi connectivity index (χ0n) is 14.2. The van der Waals surface area contributed by atoms with Crippen molar-refractivity contribution in [2.75, 3.05) is 26.8 Å². The minimum absolute atomic E-state index is 0.123. The second-order valence-corrected chi connectivity index (χ2v) is 6.01. The Morgan fingerprint density at radius 2 is 2.29 bits per heavy atom. The maximum atomic E-state index is 11.4. The maximum absolute atomic E-state index is 11.4. The van der Waals surface area contributed by atoms with E-state index in [-0.39, 0.29) is 29.1 Å². The highest BCUT2D eigenvalue weighted by molar-refractivity contribution is 5.69. The summed E-state index contributed by atoms with van der Waals surface area (Å²) in [5.74, 6) is -0.261. The lowest BCUT2D eigenvalue weighted by molar-refractivity contribution is -0.385. The van der Waals surface area contributed by atoms with Gasteiger partial charge in [0.05, 0.1) is 24.6 Å². The third-order valence-electron chi connectivity index (χ3n) is 4.35. The number of esters is 1. The molecule has 0 spiro atoms. The Morgan fingerprint density at radius 1 is 1.50 bits per heavy atom. The normalized spacial score (nSPS) is 17.2. The van der Waals surface area contributed by atoms with Crippen LogP contribution in [0.3, 0.4) is 0 Å². The van der Waals surface area contributed by atoms with Gasteiger partial charge in [0.2, 0.25) is 0 Å². The number of rotatable bonds is 8. The number of benzene rings is 1. The van der Waals surface area contributed by atoms with Gasteiger partial charge in [-0.2, -0.15) is 0 Å². The van der Waals surface area contributed by atoms with E-state index >= 15 is 0 Å². The number of nitro groups is 1. The van der Waals surface area contributed by atoms with Crippen molar-refractivity contribution in [2.45, 2.75) is 38.8 Å². The summed E-state index contributed by atoms with van der Waals surface area (Å²) in [6.45, 7) is 4.32. The van der Waals surface area contributed by atoms with Crippen LogP contribution in [0, 0.1) is 17.0 Å². The van der Waals surface area contributed by atoms with E-state index < -0.39 is 0 Å². The number of carbonyl (C=O) groups excluding carboxylic acids is 1. The molecule has 0 bridgehead atoms. The van der Waals surface area contributed by atoms with Gasteiger partial charge < -0.3 is 9.47 Å². The van der Waals surface area contributed by atoms with Crippen molar-refractivity contribution in [2.24, 2.45) is 0 Å². The minimum Gasteiger partial charge on any atom is -0.469 e. The zero-order valence-corrected chi connectivity index (χ0v) is 14.2. The molecular formula is C17H24N2O5. The fourth-order valence-electron chi connectivity index (χ4n) is 2.94. The van der Waals surface area contributed by atoms with Crippen LogP contribution < -0.4 is 0 Å². The van der Waals surface area contributed by atoms with Crippen LogP contribution in [0.2, 0.25) is 0 Å². The predicted octanol–water partition coefficient (Wildman–Crippen LogP) is 2.45. The van der Waals surface area contributed by atoms with Gasteiger partial charge in [0, 0.05) is 37.9 Å². The maximum Gasteiger partial charge on any atom is 0.306 e. The van der Waals surface area contributed by atoms with Gasteiger partial charge in [-0.25, -0.2) is 0 Å². The molecule has 1 aromatic rings. The van der Waals surface area contributed by atoms with Gasteiger partial charge in [-0.15, -0.1) is 0 Å². The van der Waals surface area contributed by atoms with Crippen LogP contribution in [0.25, 0.3) is 0 Å². The Balaban J connectivity index is 2.09. The van der Waals surface area contributed by atoms with E-state index in [1.54, 1.807) is 13.0 Å². The van der Waals surface area contributed by atoms with Gasteiger partial charge >= 0.3 is 5.97 Å². The highest BCUT2D eigenvalue weighted by Crippen LogP contribution is 2.23. The molecule has 1 aliphatic heterocycles. The molecule has 1 saturated heterocycles. The molecule has 1 unspecified atom stereocenters. The standard InChI is InChI=1S/C17H24N2O5/c1-13-14(5-3-7-16(13)19(21)22)11-18(9-8-17(20)23-2)12-15-6-4-10-24-15/h3,5,7,15H,4,6,8-12H2,1-2H3. The van der Waals surface area contributed by atoms with E-state index in [1.165, 1.54) is 13.2 Å². The lowest BCUT2D eigenvalue weighted by atomic mass is 10.1. The SMILES string of the molecule is COC(=O)CCN(Cc1cccc([N+](=O)[O-])c1C)CC1CCCO1. The fourth-order valence-corrected chi connectivity index (χ4v) is 2.94. The van der Waals surface area contributed by atoms with Crippen LogP contribution in [0.5, 0.6) is 0 Å². The summed E-state index contributed by atoms with van der Waals surface area (Å²) in [6, 6.07) is 5.10. The van der Waals surface area contributed by atoms with Gasteiger partial charge in [0.15, 0.2) is 0 Å². The second-order valence-electron chi connectivity index (χ2n) is 6.01. The molecule has 0 aromatic heterocycles. The quantitative estimate of drug-likeness (QED) is 0.412. The average molecular weight is 336 g/mol. The van der Waals surface area contributed by atoms with Gasteiger partial charge in [-0.1, -0.05) is 12.1 Å². The van der Waals surface area contributed by atoms with Crippen molar-refractivity contribution in [1.82, 2.24) is 4.90 Å². The largest absolute Gasteiger partial charge is 0.469 e. The first-order chi connectivity index (χ1) is 11.5. The van der Waals surface area contributed by atoms with E-state index in [2.05, 4.69) is 4.90 Å². The molecule has 0 aliphatic carbocycles. The lowest BCUT2D eigenvalue weighted by Gasteiger charge is -2.25. The number of carbonyl (C=O) groups is 1. The first-order valence-electron chi connectivity index (χ1n) is 8.15. The van der Waals surface area contributed by atoms with Crippen molar-refractivity contribution >= 4 is 11.7 Å². The average Bonchev–Trinajstić information content (AvgIpc) is 3.06. The monoisotopic (exact) mass is 336 g/mol. The third kappa shape index (κ3) is 5.01. The number of nitrogens with zero attached hydrogens (tertiary/aromatic N) is 2. The summed E-state index contributed by atoms with van der Waals surface area (Å²) in [5.41, 5.74) is 1.68. The van der Waals surface area contributed by atoms with Gasteiger partial charge in [-0.05, 0) is 25.3 Å². The summed E-state index contributed by atoms with van der Waals surface area (Å²) in [5, 5.41) is 11.1. The summed E-state index contributed by atoms with van der Waals surface area (Å²) < 4.78 is 10.4. The molecule has 1 heterocycles. The van der Waals surface area contributed by atoms with Gasteiger partial charge in [0.1, 0.15) is 0 Å². The van der Waals surface area contributed by atoms with Crippen LogP contribution in [0.15, 0.2) is 18.2 Å². The van der Waals surface area contributed by atoms with Crippen LogP contribution in [0.1, 0.15) is 30.4 Å². The van der Waals surface area contributed by atoms with Crippen molar-refractivity contribution in [3.63, 3.8) is 0 Å². The highest BCUT2D eigenvalue weighted by Gasteiger charge is 2.21. The predicted molar refractivity (Wildman–Crippen MR) is 88.7 cm³/mol. The lowest BCUT2D eigenvalue weighted by Crippen LogP contribution is -2.34. The Kier molecular flexibility index (Phi) is 6.69. The number of ether oxygens (including phenoxy) is 2. The highest BCUT2D eigenvalue weighted by atomic mass is 16.6. The topological polar surface area (TPSA) is 81.9 Å². The van der Waals surface area contributed by atoms with Crippen LogP contribution >= 0.6 is 0 Å². The van der Waals surface area contributed by atoms with Crippen molar-refractivity contribution in [3.05, 3.63) is 39.4 Å². The van der Waals surface area contributed by atoms with E-state index in [0.29, 0.717) is 25.2 Å². The number of hydrogen-bond acceptors (Lipinski definition) is 6. The van der Waals surface area contributed by atoms with Crippen molar-refractivity contribution in [1.29, 1.82) is 0 Å². The van der Waals surface area contributed by atoms with E-state index in [1.807, 2.05) is 6.07 Å². The Bertz CT molecular complexity index is 584. The number of methoxy groups -OCH3 is 1. The molecule has 0 amide bonds. The molecule has 2 rings (SSSR count). The molecule has 7 heteroatoms. The third-order valence-corrected chi connectivity index (χ3v) is 4.35. The first kappa shape index (κ1) is 18.4. The molecule has 24 heavy (non-hydrogen) atoms. The summed E-state index contributed by atoms with van der Waals surface area (Å²) >= 11 is 0. The van der Waals surface area contributed by atoms with Crippen LogP contribution in [0.4, 0.5) is 5.69 Å². The zero-order chi connectivity index (χ0) is 17.5. The van der Waals surface area contributed by atoms with E-state index in [4.69, 9.17) is 9.47 Å².